The van der Waals surface area contributed by atoms with Crippen LogP contribution in [0.3, 0.4) is 0 Å². The molecule has 2 nitrogen and oxygen atoms in total. The molecule has 3 aliphatic rings. The van der Waals surface area contributed by atoms with Gasteiger partial charge in [-0.3, -0.25) is 4.79 Å². The van der Waals surface area contributed by atoms with Crippen molar-refractivity contribution in [2.45, 2.75) is 60.0 Å². The monoisotopic (exact) mass is 340 g/mol. The molecule has 25 heavy (non-hydrogen) atoms. The number of rotatable bonds is 2. The van der Waals surface area contributed by atoms with Crippen molar-refractivity contribution in [3.05, 3.63) is 47.1 Å². The van der Waals surface area contributed by atoms with Crippen molar-refractivity contribution in [2.75, 3.05) is 0 Å². The van der Waals surface area contributed by atoms with Crippen LogP contribution < -0.4 is 0 Å². The highest BCUT2D eigenvalue weighted by Crippen LogP contribution is 2.57. The van der Waals surface area contributed by atoms with Crippen molar-refractivity contribution in [3.8, 4) is 0 Å². The van der Waals surface area contributed by atoms with Gasteiger partial charge in [0.25, 0.3) is 0 Å². The Bertz CT molecular complexity index is 674. The summed E-state index contributed by atoms with van der Waals surface area (Å²) < 4.78 is 5.71. The third kappa shape index (κ3) is 3.05. The van der Waals surface area contributed by atoms with Gasteiger partial charge in [0.15, 0.2) is 0 Å². The van der Waals surface area contributed by atoms with Gasteiger partial charge in [0.1, 0.15) is 6.10 Å². The quantitative estimate of drug-likeness (QED) is 0.481. The second-order valence-corrected chi connectivity index (χ2v) is 8.53. The van der Waals surface area contributed by atoms with E-state index in [-0.39, 0.29) is 12.1 Å². The van der Waals surface area contributed by atoms with Gasteiger partial charge in [0, 0.05) is 24.7 Å². The molecule has 2 heteroatoms. The third-order valence-electron chi connectivity index (χ3n) is 6.66. The molecule has 0 aromatic rings. The molecule has 6 atom stereocenters. The molecular weight excluding hydrogens is 308 g/mol. The zero-order valence-corrected chi connectivity index (χ0v) is 16.4. The van der Waals surface area contributed by atoms with Crippen LogP contribution in [0.5, 0.6) is 0 Å². The normalized spacial score (nSPS) is 37.5. The van der Waals surface area contributed by atoms with E-state index in [2.05, 4.69) is 46.9 Å². The van der Waals surface area contributed by atoms with Crippen molar-refractivity contribution in [1.82, 2.24) is 0 Å². The van der Waals surface area contributed by atoms with Gasteiger partial charge in [-0.05, 0) is 44.9 Å². The summed E-state index contributed by atoms with van der Waals surface area (Å²) >= 11 is 0. The van der Waals surface area contributed by atoms with Crippen molar-refractivity contribution < 1.29 is 9.53 Å². The van der Waals surface area contributed by atoms with Gasteiger partial charge in [-0.25, -0.2) is 0 Å². The maximum Gasteiger partial charge on any atom is 0.302 e. The lowest BCUT2D eigenvalue weighted by molar-refractivity contribution is -0.149. The van der Waals surface area contributed by atoms with Crippen LogP contribution in [-0.2, 0) is 9.53 Å². The van der Waals surface area contributed by atoms with E-state index in [1.165, 1.54) is 29.2 Å². The summed E-state index contributed by atoms with van der Waals surface area (Å²) in [5.74, 6) is 1.77. The molecule has 0 aliphatic heterocycles. The highest BCUT2D eigenvalue weighted by atomic mass is 16.5. The first-order valence-corrected chi connectivity index (χ1v) is 9.63. The molecule has 0 saturated heterocycles. The highest BCUT2D eigenvalue weighted by Gasteiger charge is 2.49. The molecule has 0 spiro atoms. The first-order valence-electron chi connectivity index (χ1n) is 9.63. The summed E-state index contributed by atoms with van der Waals surface area (Å²) in [6, 6.07) is 0. The summed E-state index contributed by atoms with van der Waals surface area (Å²) in [5, 5.41) is 0. The van der Waals surface area contributed by atoms with E-state index >= 15 is 0 Å². The number of hydrogen-bond donors (Lipinski definition) is 0. The summed E-state index contributed by atoms with van der Waals surface area (Å²) in [6.45, 7) is 19.3. The van der Waals surface area contributed by atoms with Crippen molar-refractivity contribution >= 4 is 5.97 Å². The molecule has 3 aliphatic carbocycles. The fraction of sp³-hybridized carbons (Fsp3) is 0.609. The number of carbonyl (C=O) groups excluding carboxylic acids is 1. The SMILES string of the molecule is C=C1CCC2=C3[C@H]1[C@@H](C=C(C)C)C(=C)[C@@H](C)[C@@H]3C[C@@H](OC(C)=O)[C@H]2C. The minimum Gasteiger partial charge on any atom is -0.462 e. The van der Waals surface area contributed by atoms with Gasteiger partial charge in [-0.1, -0.05) is 60.9 Å². The number of hydrogen-bond acceptors (Lipinski definition) is 2. The molecule has 0 amide bonds. The Morgan fingerprint density at radius 3 is 2.40 bits per heavy atom. The Kier molecular flexibility index (Phi) is 4.83. The van der Waals surface area contributed by atoms with E-state index in [4.69, 9.17) is 4.74 Å². The van der Waals surface area contributed by atoms with Gasteiger partial charge in [0.2, 0.25) is 0 Å². The number of esters is 1. The Labute approximate surface area is 152 Å². The van der Waals surface area contributed by atoms with E-state index in [1.807, 2.05) is 0 Å². The third-order valence-corrected chi connectivity index (χ3v) is 6.66. The molecule has 0 heterocycles. The second-order valence-electron chi connectivity index (χ2n) is 8.53. The molecular formula is C23H32O2. The zero-order chi connectivity index (χ0) is 18.5. The molecule has 0 radical (unpaired) electrons. The maximum atomic E-state index is 11.6. The lowest BCUT2D eigenvalue weighted by Gasteiger charge is -2.52. The zero-order valence-electron chi connectivity index (χ0n) is 16.4. The van der Waals surface area contributed by atoms with Crippen LogP contribution in [0.1, 0.15) is 53.9 Å². The van der Waals surface area contributed by atoms with Gasteiger partial charge in [-0.15, -0.1) is 0 Å². The minimum absolute atomic E-state index is 0.00326. The van der Waals surface area contributed by atoms with Crippen LogP contribution in [0.15, 0.2) is 47.1 Å². The van der Waals surface area contributed by atoms with Crippen LogP contribution in [0.25, 0.3) is 0 Å². The van der Waals surface area contributed by atoms with Crippen molar-refractivity contribution in [2.24, 2.45) is 29.6 Å². The molecule has 0 N–H and O–H groups in total. The molecule has 1 fully saturated rings. The molecule has 1 saturated carbocycles. The molecule has 3 rings (SSSR count). The topological polar surface area (TPSA) is 26.3 Å². The van der Waals surface area contributed by atoms with E-state index in [9.17, 15) is 4.79 Å². The lowest BCUT2D eigenvalue weighted by atomic mass is 9.53. The largest absolute Gasteiger partial charge is 0.462 e. The van der Waals surface area contributed by atoms with E-state index < -0.39 is 0 Å². The van der Waals surface area contributed by atoms with Gasteiger partial charge >= 0.3 is 5.97 Å². The van der Waals surface area contributed by atoms with Crippen LogP contribution in [0.2, 0.25) is 0 Å². The fourth-order valence-corrected chi connectivity index (χ4v) is 5.40. The number of allylic oxidation sites excluding steroid dienone is 5. The van der Waals surface area contributed by atoms with Crippen molar-refractivity contribution in [1.29, 1.82) is 0 Å². The van der Waals surface area contributed by atoms with Crippen LogP contribution in [-0.4, -0.2) is 12.1 Å². The van der Waals surface area contributed by atoms with Gasteiger partial charge in [-0.2, -0.15) is 0 Å². The van der Waals surface area contributed by atoms with E-state index in [0.717, 1.165) is 19.3 Å². The van der Waals surface area contributed by atoms with Crippen LogP contribution in [0.4, 0.5) is 0 Å². The smallest absolute Gasteiger partial charge is 0.302 e. The first-order chi connectivity index (χ1) is 11.7. The summed E-state index contributed by atoms with van der Waals surface area (Å²) in [7, 11) is 0. The number of carbonyl (C=O) groups is 1. The van der Waals surface area contributed by atoms with E-state index in [0.29, 0.717) is 29.6 Å². The van der Waals surface area contributed by atoms with E-state index in [1.54, 1.807) is 5.57 Å². The molecule has 0 bridgehead atoms. The van der Waals surface area contributed by atoms with Gasteiger partial charge < -0.3 is 4.74 Å². The summed E-state index contributed by atoms with van der Waals surface area (Å²) in [6.07, 6.45) is 5.43. The molecule has 0 unspecified atom stereocenters. The van der Waals surface area contributed by atoms with Crippen molar-refractivity contribution in [3.63, 3.8) is 0 Å². The average molecular weight is 341 g/mol. The Morgan fingerprint density at radius 2 is 1.80 bits per heavy atom. The van der Waals surface area contributed by atoms with Crippen LogP contribution >= 0.6 is 0 Å². The molecule has 0 aromatic carbocycles. The molecule has 136 valence electrons. The maximum absolute atomic E-state index is 11.6. The minimum atomic E-state index is -0.164. The summed E-state index contributed by atoms with van der Waals surface area (Å²) in [5.41, 5.74) is 7.16. The van der Waals surface area contributed by atoms with Gasteiger partial charge in [0.05, 0.1) is 0 Å². The first kappa shape index (κ1) is 18.2. The fourth-order valence-electron chi connectivity index (χ4n) is 5.40. The predicted octanol–water partition coefficient (Wildman–Crippen LogP) is 5.63. The lowest BCUT2D eigenvalue weighted by Crippen LogP contribution is -2.45. The molecule has 0 aromatic heterocycles. The van der Waals surface area contributed by atoms with Crippen LogP contribution in [0, 0.1) is 29.6 Å². The Morgan fingerprint density at radius 1 is 1.12 bits per heavy atom. The number of ether oxygens (including phenoxy) is 1. The Balaban J connectivity index is 2.11. The second kappa shape index (κ2) is 6.63. The highest BCUT2D eigenvalue weighted by molar-refractivity contribution is 5.66. The summed E-state index contributed by atoms with van der Waals surface area (Å²) in [4.78, 5) is 11.6. The standard InChI is InChI=1S/C23H32O2/c1-12(2)10-19-14(4)15(5)20-11-21(25-17(7)24)16(6)18-9-8-13(3)22(19)23(18)20/h10,15-16,19-22H,3-4,8-9,11H2,1-2,5-7H3/t15-,16+,19+,20+,21-,22-/m1/s1. The Hall–Kier alpha value is -1.57. The predicted molar refractivity (Wildman–Crippen MR) is 103 cm³/mol. The average Bonchev–Trinajstić information content (AvgIpc) is 2.52.